The highest BCUT2D eigenvalue weighted by Gasteiger charge is 2.20. The molecule has 3 nitrogen and oxygen atoms in total. The molecule has 2 rings (SSSR count). The Morgan fingerprint density at radius 1 is 1.38 bits per heavy atom. The number of carbonyl (C=O) groups excluding carboxylic acids is 1. The smallest absolute Gasteiger partial charge is 0.254 e. The van der Waals surface area contributed by atoms with Crippen LogP contribution >= 0.6 is 0 Å². The number of benzene rings is 1. The van der Waals surface area contributed by atoms with Crippen LogP contribution in [0.2, 0.25) is 0 Å². The van der Waals surface area contributed by atoms with Gasteiger partial charge in [-0.25, -0.2) is 4.39 Å². The summed E-state index contributed by atoms with van der Waals surface area (Å²) in [6.45, 7) is 8.36. The van der Waals surface area contributed by atoms with Crippen molar-refractivity contribution in [2.75, 3.05) is 19.6 Å². The number of amides is 1. The Hall–Kier alpha value is -1.42. The van der Waals surface area contributed by atoms with E-state index in [9.17, 15) is 9.18 Å². The zero-order chi connectivity index (χ0) is 15.4. The Bertz CT molecular complexity index is 485. The molecule has 0 atom stereocenters. The third-order valence-corrected chi connectivity index (χ3v) is 4.02. The quantitative estimate of drug-likeness (QED) is 0.895. The molecular weight excluding hydrogens is 267 g/mol. The average Bonchev–Trinajstić information content (AvgIpc) is 2.45. The third kappa shape index (κ3) is 4.03. The molecule has 0 saturated carbocycles. The summed E-state index contributed by atoms with van der Waals surface area (Å²) in [7, 11) is 0. The number of piperidine rings is 1. The highest BCUT2D eigenvalue weighted by Crippen LogP contribution is 2.28. The lowest BCUT2D eigenvalue weighted by Crippen LogP contribution is -2.29. The lowest BCUT2D eigenvalue weighted by Gasteiger charge is -2.24. The van der Waals surface area contributed by atoms with Crippen LogP contribution in [0, 0.1) is 18.7 Å². The zero-order valence-corrected chi connectivity index (χ0v) is 13.1. The zero-order valence-electron chi connectivity index (χ0n) is 13.1. The summed E-state index contributed by atoms with van der Waals surface area (Å²) in [6, 6.07) is 3.52. The first kappa shape index (κ1) is 16.0. The van der Waals surface area contributed by atoms with Gasteiger partial charge in [0.05, 0.1) is 5.56 Å². The van der Waals surface area contributed by atoms with Crippen LogP contribution in [-0.4, -0.2) is 25.5 Å². The van der Waals surface area contributed by atoms with Gasteiger partial charge in [0, 0.05) is 6.54 Å². The van der Waals surface area contributed by atoms with Crippen molar-refractivity contribution in [1.82, 2.24) is 10.6 Å². The van der Waals surface area contributed by atoms with E-state index in [1.165, 1.54) is 0 Å². The van der Waals surface area contributed by atoms with Crippen LogP contribution in [0.25, 0.3) is 0 Å². The number of nitrogens with one attached hydrogen (secondary N) is 2. The van der Waals surface area contributed by atoms with Crippen molar-refractivity contribution in [1.29, 1.82) is 0 Å². The van der Waals surface area contributed by atoms with Gasteiger partial charge < -0.3 is 10.6 Å². The molecule has 4 heteroatoms. The molecule has 0 aromatic heterocycles. The first-order valence-electron chi connectivity index (χ1n) is 7.78. The lowest BCUT2D eigenvalue weighted by molar-refractivity contribution is 0.0944. The minimum atomic E-state index is -0.398. The van der Waals surface area contributed by atoms with Crippen LogP contribution in [0.1, 0.15) is 54.1 Å². The normalized spacial score (nSPS) is 16.2. The molecule has 1 aromatic carbocycles. The predicted molar refractivity (Wildman–Crippen MR) is 83.2 cm³/mol. The van der Waals surface area contributed by atoms with E-state index in [-0.39, 0.29) is 11.5 Å². The van der Waals surface area contributed by atoms with Crippen molar-refractivity contribution >= 4 is 5.91 Å². The van der Waals surface area contributed by atoms with Gasteiger partial charge in [0.2, 0.25) is 0 Å². The van der Waals surface area contributed by atoms with Gasteiger partial charge in [-0.3, -0.25) is 4.79 Å². The lowest BCUT2D eigenvalue weighted by atomic mass is 9.88. The number of rotatable bonds is 4. The summed E-state index contributed by atoms with van der Waals surface area (Å²) in [4.78, 5) is 12.1. The second kappa shape index (κ2) is 7.03. The van der Waals surface area contributed by atoms with Crippen molar-refractivity contribution in [3.63, 3.8) is 0 Å². The molecule has 1 aliphatic rings. The van der Waals surface area contributed by atoms with Gasteiger partial charge in [0.25, 0.3) is 5.91 Å². The average molecular weight is 292 g/mol. The largest absolute Gasteiger partial charge is 0.352 e. The second-order valence-electron chi connectivity index (χ2n) is 6.32. The van der Waals surface area contributed by atoms with E-state index in [0.29, 0.717) is 18.4 Å². The third-order valence-electron chi connectivity index (χ3n) is 4.02. The highest BCUT2D eigenvalue weighted by molar-refractivity contribution is 5.96. The Labute approximate surface area is 126 Å². The summed E-state index contributed by atoms with van der Waals surface area (Å²) in [5.41, 5.74) is 1.94. The fourth-order valence-electron chi connectivity index (χ4n) is 2.83. The fourth-order valence-corrected chi connectivity index (χ4v) is 2.83. The van der Waals surface area contributed by atoms with E-state index in [1.807, 2.05) is 26.8 Å². The first-order valence-corrected chi connectivity index (χ1v) is 7.78. The molecule has 1 aromatic rings. The Balaban J connectivity index is 2.18. The fraction of sp³-hybridized carbons (Fsp3) is 0.588. The first-order chi connectivity index (χ1) is 9.99. The summed E-state index contributed by atoms with van der Waals surface area (Å²) in [6.07, 6.45) is 2.05. The Morgan fingerprint density at radius 3 is 2.62 bits per heavy atom. The standard InChI is InChI=1S/C17H25FN2O/c1-11(2)10-20-17(21)16-12(3)8-14(9-15(16)18)13-4-6-19-7-5-13/h8-9,11,13,19H,4-7,10H2,1-3H3,(H,20,21). The van der Waals surface area contributed by atoms with Crippen LogP contribution < -0.4 is 10.6 Å². The molecule has 1 aliphatic heterocycles. The summed E-state index contributed by atoms with van der Waals surface area (Å²) < 4.78 is 14.4. The number of hydrogen-bond acceptors (Lipinski definition) is 2. The van der Waals surface area contributed by atoms with E-state index in [4.69, 9.17) is 0 Å². The van der Waals surface area contributed by atoms with Gasteiger partial charge >= 0.3 is 0 Å². The van der Waals surface area contributed by atoms with Crippen molar-refractivity contribution < 1.29 is 9.18 Å². The predicted octanol–water partition coefficient (Wildman–Crippen LogP) is 2.99. The summed E-state index contributed by atoms with van der Waals surface area (Å²) in [5, 5.41) is 6.10. The molecule has 21 heavy (non-hydrogen) atoms. The molecular formula is C17H25FN2O. The topological polar surface area (TPSA) is 41.1 Å². The molecule has 0 bridgehead atoms. The van der Waals surface area contributed by atoms with Crippen molar-refractivity contribution in [3.8, 4) is 0 Å². The van der Waals surface area contributed by atoms with E-state index < -0.39 is 5.82 Å². The molecule has 0 aliphatic carbocycles. The van der Waals surface area contributed by atoms with Crippen LogP contribution in [0.5, 0.6) is 0 Å². The molecule has 1 fully saturated rings. The van der Waals surface area contributed by atoms with E-state index in [1.54, 1.807) is 6.07 Å². The molecule has 116 valence electrons. The number of halogens is 1. The van der Waals surface area contributed by atoms with E-state index in [0.717, 1.165) is 37.1 Å². The molecule has 1 saturated heterocycles. The Kier molecular flexibility index (Phi) is 5.34. The molecule has 1 heterocycles. The van der Waals surface area contributed by atoms with Gasteiger partial charge in [0.1, 0.15) is 5.82 Å². The van der Waals surface area contributed by atoms with Crippen LogP contribution in [0.4, 0.5) is 4.39 Å². The Morgan fingerprint density at radius 2 is 2.05 bits per heavy atom. The maximum Gasteiger partial charge on any atom is 0.254 e. The van der Waals surface area contributed by atoms with Gasteiger partial charge in [0.15, 0.2) is 0 Å². The SMILES string of the molecule is Cc1cc(C2CCNCC2)cc(F)c1C(=O)NCC(C)C. The van der Waals surface area contributed by atoms with Crippen molar-refractivity contribution in [2.45, 2.75) is 39.5 Å². The highest BCUT2D eigenvalue weighted by atomic mass is 19.1. The summed E-state index contributed by atoms with van der Waals surface area (Å²) >= 11 is 0. The molecule has 0 unspecified atom stereocenters. The molecule has 0 spiro atoms. The minimum absolute atomic E-state index is 0.188. The van der Waals surface area contributed by atoms with Gasteiger partial charge in [-0.05, 0) is 61.9 Å². The van der Waals surface area contributed by atoms with Gasteiger partial charge in [-0.1, -0.05) is 19.9 Å². The van der Waals surface area contributed by atoms with Crippen LogP contribution in [0.15, 0.2) is 12.1 Å². The van der Waals surface area contributed by atoms with Crippen LogP contribution in [0.3, 0.4) is 0 Å². The maximum atomic E-state index is 14.4. The van der Waals surface area contributed by atoms with Crippen LogP contribution in [-0.2, 0) is 0 Å². The second-order valence-corrected chi connectivity index (χ2v) is 6.32. The van der Waals surface area contributed by atoms with Gasteiger partial charge in [-0.2, -0.15) is 0 Å². The summed E-state index contributed by atoms with van der Waals surface area (Å²) in [5.74, 6) is 0.0407. The van der Waals surface area contributed by atoms with Crippen molar-refractivity contribution in [3.05, 3.63) is 34.6 Å². The van der Waals surface area contributed by atoms with E-state index >= 15 is 0 Å². The molecule has 2 N–H and O–H groups in total. The van der Waals surface area contributed by atoms with Crippen molar-refractivity contribution in [2.24, 2.45) is 5.92 Å². The number of hydrogen-bond donors (Lipinski definition) is 2. The maximum absolute atomic E-state index is 14.4. The monoisotopic (exact) mass is 292 g/mol. The minimum Gasteiger partial charge on any atom is -0.352 e. The number of carbonyl (C=O) groups is 1. The number of aryl methyl sites for hydroxylation is 1. The molecule has 0 radical (unpaired) electrons. The molecule has 1 amide bonds. The van der Waals surface area contributed by atoms with E-state index in [2.05, 4.69) is 10.6 Å². The van der Waals surface area contributed by atoms with Gasteiger partial charge in [-0.15, -0.1) is 0 Å².